The molecule has 0 aromatic carbocycles. The molecule has 12 heavy (non-hydrogen) atoms. The van der Waals surface area contributed by atoms with Crippen molar-refractivity contribution in [1.82, 2.24) is 0 Å². The molecule has 1 radical (unpaired) electrons. The largest absolute Gasteiger partial charge is 0.286 e. The summed E-state index contributed by atoms with van der Waals surface area (Å²) < 4.78 is 0. The van der Waals surface area contributed by atoms with Gasteiger partial charge in [-0.1, -0.05) is 38.5 Å². The predicted octanol–water partition coefficient (Wildman–Crippen LogP) is 3.03. The summed E-state index contributed by atoms with van der Waals surface area (Å²) in [5.74, 6) is 0.802. The first-order chi connectivity index (χ1) is 5.81. The minimum Gasteiger partial charge on any atom is -0.286 e. The van der Waals surface area contributed by atoms with Crippen molar-refractivity contribution in [2.24, 2.45) is 5.92 Å². The van der Waals surface area contributed by atoms with Gasteiger partial charge in [-0.05, 0) is 24.8 Å². The molecule has 0 heterocycles. The van der Waals surface area contributed by atoms with Gasteiger partial charge in [0.15, 0.2) is 0 Å². The Balaban J connectivity index is 3.35. The first-order valence-electron chi connectivity index (χ1n) is 4.50. The van der Waals surface area contributed by atoms with E-state index in [1.54, 1.807) is 12.4 Å². The molecule has 0 aromatic heterocycles. The van der Waals surface area contributed by atoms with Crippen molar-refractivity contribution < 1.29 is 4.79 Å². The molecule has 0 fully saturated rings. The molecule has 1 nitrogen and oxygen atoms in total. The molecule has 0 rings (SSSR count). The Hall–Kier alpha value is -0.850. The van der Waals surface area contributed by atoms with E-state index >= 15 is 0 Å². The zero-order valence-corrected chi connectivity index (χ0v) is 7.92. The number of hydrogen-bond acceptors (Lipinski definition) is 1. The van der Waals surface area contributed by atoms with E-state index in [1.807, 2.05) is 6.08 Å². The van der Waals surface area contributed by atoms with E-state index in [0.29, 0.717) is 0 Å². The molecular formula is C11H17O. The van der Waals surface area contributed by atoms with Crippen molar-refractivity contribution in [2.45, 2.75) is 33.1 Å². The normalized spacial score (nSPS) is 14.2. The second-order valence-electron chi connectivity index (χ2n) is 3.00. The third kappa shape index (κ3) is 7.26. The lowest BCUT2D eigenvalue weighted by Gasteiger charge is -2.03. The number of rotatable bonds is 6. The second kappa shape index (κ2) is 8.25. The fourth-order valence-electron chi connectivity index (χ4n) is 0.854. The zero-order valence-electron chi connectivity index (χ0n) is 7.92. The highest BCUT2D eigenvalue weighted by Gasteiger charge is 1.94. The van der Waals surface area contributed by atoms with Gasteiger partial charge in [-0.25, -0.2) is 0 Å². The highest BCUT2D eigenvalue weighted by Crippen LogP contribution is 2.09. The Morgan fingerprint density at radius 1 is 1.42 bits per heavy atom. The van der Waals surface area contributed by atoms with Crippen molar-refractivity contribution >= 4 is 6.29 Å². The maximum Gasteiger partial charge on any atom is 0.225 e. The molecule has 67 valence electrons. The Morgan fingerprint density at radius 2 is 2.17 bits per heavy atom. The maximum atomic E-state index is 9.75. The van der Waals surface area contributed by atoms with Crippen molar-refractivity contribution in [2.75, 3.05) is 0 Å². The van der Waals surface area contributed by atoms with Gasteiger partial charge in [0.2, 0.25) is 6.29 Å². The van der Waals surface area contributed by atoms with E-state index in [-0.39, 0.29) is 0 Å². The van der Waals surface area contributed by atoms with E-state index in [1.165, 1.54) is 18.9 Å². The smallest absolute Gasteiger partial charge is 0.225 e. The lowest BCUT2D eigenvalue weighted by Crippen LogP contribution is -1.89. The minimum absolute atomic E-state index is 0.802. The van der Waals surface area contributed by atoms with Gasteiger partial charge in [-0.2, -0.15) is 0 Å². The highest BCUT2D eigenvalue weighted by atomic mass is 16.1. The van der Waals surface area contributed by atoms with Gasteiger partial charge in [0, 0.05) is 0 Å². The van der Waals surface area contributed by atoms with Gasteiger partial charge in [0.25, 0.3) is 0 Å². The first kappa shape index (κ1) is 11.2. The van der Waals surface area contributed by atoms with Crippen LogP contribution in [0.1, 0.15) is 33.1 Å². The van der Waals surface area contributed by atoms with Crippen LogP contribution >= 0.6 is 0 Å². The third-order valence-corrected chi connectivity index (χ3v) is 1.93. The van der Waals surface area contributed by atoms with Crippen LogP contribution in [0.15, 0.2) is 24.3 Å². The van der Waals surface area contributed by atoms with Crippen LogP contribution in [0.3, 0.4) is 0 Å². The van der Waals surface area contributed by atoms with Crippen LogP contribution in [0.2, 0.25) is 0 Å². The Labute approximate surface area is 75.2 Å². The topological polar surface area (TPSA) is 17.1 Å². The summed E-state index contributed by atoms with van der Waals surface area (Å²) in [4.78, 5) is 9.75. The quantitative estimate of drug-likeness (QED) is 0.436. The molecule has 0 saturated heterocycles. The van der Waals surface area contributed by atoms with Crippen molar-refractivity contribution in [3.63, 3.8) is 0 Å². The van der Waals surface area contributed by atoms with Crippen LogP contribution in [0.4, 0.5) is 0 Å². The van der Waals surface area contributed by atoms with Crippen LogP contribution in [-0.2, 0) is 4.79 Å². The molecule has 0 amide bonds. The summed E-state index contributed by atoms with van der Waals surface area (Å²) in [7, 11) is 0. The molecule has 0 aliphatic carbocycles. The van der Waals surface area contributed by atoms with Crippen LogP contribution in [0.25, 0.3) is 0 Å². The zero-order chi connectivity index (χ0) is 9.23. The summed E-state index contributed by atoms with van der Waals surface area (Å²) in [6.07, 6.45) is 12.3. The fourth-order valence-corrected chi connectivity index (χ4v) is 0.854. The molecule has 0 saturated carbocycles. The summed E-state index contributed by atoms with van der Waals surface area (Å²) in [6, 6.07) is 0. The first-order valence-corrected chi connectivity index (χ1v) is 4.50. The van der Waals surface area contributed by atoms with E-state index in [9.17, 15) is 4.79 Å². The van der Waals surface area contributed by atoms with Gasteiger partial charge in [0.05, 0.1) is 0 Å². The van der Waals surface area contributed by atoms with E-state index in [0.717, 1.165) is 12.3 Å². The highest BCUT2D eigenvalue weighted by molar-refractivity contribution is 5.66. The molecule has 0 N–H and O–H groups in total. The number of hydrogen-bond donors (Lipinski definition) is 0. The third-order valence-electron chi connectivity index (χ3n) is 1.93. The predicted molar refractivity (Wildman–Crippen MR) is 52.7 cm³/mol. The maximum absolute atomic E-state index is 9.75. The van der Waals surface area contributed by atoms with Crippen LogP contribution in [-0.4, -0.2) is 6.29 Å². The fraction of sp³-hybridized carbons (Fsp3) is 0.545. The molecule has 0 aliphatic heterocycles. The van der Waals surface area contributed by atoms with E-state index in [4.69, 9.17) is 0 Å². The Bertz CT molecular complexity index is 156. The second-order valence-corrected chi connectivity index (χ2v) is 3.00. The Kier molecular flexibility index (Phi) is 7.66. The standard InChI is InChI=1S/C11H17O/c1-3-11(2)9-7-5-4-6-8-10-12/h4-6,8,11H,3,7,9H2,1-2H3. The monoisotopic (exact) mass is 165 g/mol. The molecule has 0 aromatic rings. The SMILES string of the molecule is CCC(C)CCC=CC=C[C]=O. The molecule has 0 aliphatic rings. The number of carbonyl (C=O) groups excluding carboxylic acids is 1. The molecule has 1 unspecified atom stereocenters. The summed E-state index contributed by atoms with van der Waals surface area (Å²) in [5, 5.41) is 0. The van der Waals surface area contributed by atoms with Crippen LogP contribution < -0.4 is 0 Å². The lowest BCUT2D eigenvalue weighted by molar-refractivity contribution is 0.522. The molecule has 1 heteroatoms. The van der Waals surface area contributed by atoms with Crippen molar-refractivity contribution in [1.29, 1.82) is 0 Å². The molecule has 1 atom stereocenters. The van der Waals surface area contributed by atoms with Gasteiger partial charge < -0.3 is 0 Å². The van der Waals surface area contributed by atoms with E-state index < -0.39 is 0 Å². The minimum atomic E-state index is 0.802. The van der Waals surface area contributed by atoms with Gasteiger partial charge >= 0.3 is 0 Å². The number of allylic oxidation sites excluding steroid dienone is 4. The summed E-state index contributed by atoms with van der Waals surface area (Å²) in [5.41, 5.74) is 0. The average Bonchev–Trinajstić information content (AvgIpc) is 2.10. The van der Waals surface area contributed by atoms with E-state index in [2.05, 4.69) is 19.9 Å². The summed E-state index contributed by atoms with van der Waals surface area (Å²) >= 11 is 0. The lowest BCUT2D eigenvalue weighted by atomic mass is 10.0. The van der Waals surface area contributed by atoms with Crippen LogP contribution in [0, 0.1) is 5.92 Å². The average molecular weight is 165 g/mol. The summed E-state index contributed by atoms with van der Waals surface area (Å²) in [6.45, 7) is 4.46. The van der Waals surface area contributed by atoms with Crippen molar-refractivity contribution in [3.05, 3.63) is 24.3 Å². The molecule has 0 spiro atoms. The molecular weight excluding hydrogens is 148 g/mol. The van der Waals surface area contributed by atoms with Gasteiger partial charge in [0.1, 0.15) is 0 Å². The van der Waals surface area contributed by atoms with Gasteiger partial charge in [-0.3, -0.25) is 4.79 Å². The molecule has 0 bridgehead atoms. The van der Waals surface area contributed by atoms with Gasteiger partial charge in [-0.15, -0.1) is 0 Å². The van der Waals surface area contributed by atoms with Crippen molar-refractivity contribution in [3.8, 4) is 0 Å². The van der Waals surface area contributed by atoms with Crippen LogP contribution in [0.5, 0.6) is 0 Å². The Morgan fingerprint density at radius 3 is 2.75 bits per heavy atom.